The number of benzene rings is 1. The number of hydrogen-bond donors (Lipinski definition) is 0. The maximum absolute atomic E-state index is 13.1. The van der Waals surface area contributed by atoms with Crippen LogP contribution < -0.4 is 0 Å². The highest BCUT2D eigenvalue weighted by molar-refractivity contribution is 5.97. The second kappa shape index (κ2) is 5.16. The van der Waals surface area contributed by atoms with Crippen LogP contribution in [0.3, 0.4) is 0 Å². The lowest BCUT2D eigenvalue weighted by molar-refractivity contribution is 0.0949. The van der Waals surface area contributed by atoms with E-state index in [1.165, 1.54) is 37.8 Å². The molecule has 3 rings (SSSR count). The molecule has 1 aliphatic carbocycles. The van der Waals surface area contributed by atoms with Crippen LogP contribution >= 0.6 is 0 Å². The second-order valence-corrected chi connectivity index (χ2v) is 5.41. The van der Waals surface area contributed by atoms with Crippen LogP contribution in [-0.4, -0.2) is 5.78 Å². The fourth-order valence-electron chi connectivity index (χ4n) is 2.91. The summed E-state index contributed by atoms with van der Waals surface area (Å²) in [7, 11) is 0. The van der Waals surface area contributed by atoms with E-state index in [9.17, 15) is 9.18 Å². The van der Waals surface area contributed by atoms with E-state index in [4.69, 9.17) is 4.42 Å². The zero-order valence-corrected chi connectivity index (χ0v) is 10.8. The predicted molar refractivity (Wildman–Crippen MR) is 71.7 cm³/mol. The van der Waals surface area contributed by atoms with Crippen LogP contribution in [0.2, 0.25) is 0 Å². The van der Waals surface area contributed by atoms with Gasteiger partial charge in [-0.3, -0.25) is 4.79 Å². The fourth-order valence-corrected chi connectivity index (χ4v) is 2.91. The summed E-state index contributed by atoms with van der Waals surface area (Å²) >= 11 is 0. The molecule has 2 aromatic rings. The van der Waals surface area contributed by atoms with Gasteiger partial charge in [0, 0.05) is 11.8 Å². The predicted octanol–water partition coefficient (Wildman–Crippen LogP) is 4.73. The summed E-state index contributed by atoms with van der Waals surface area (Å²) in [5, 5.41) is 0.657. The molecule has 2 nitrogen and oxygen atoms in total. The van der Waals surface area contributed by atoms with Gasteiger partial charge in [0.05, 0.1) is 0 Å². The van der Waals surface area contributed by atoms with Crippen LogP contribution in [-0.2, 0) is 0 Å². The third-order valence-electron chi connectivity index (χ3n) is 4.01. The van der Waals surface area contributed by atoms with E-state index in [0.717, 1.165) is 6.42 Å². The number of ketones is 1. The number of hydrogen-bond acceptors (Lipinski definition) is 2. The molecule has 0 radical (unpaired) electrons. The monoisotopic (exact) mass is 260 g/mol. The number of furan rings is 1. The maximum atomic E-state index is 13.1. The first kappa shape index (κ1) is 12.4. The number of carbonyl (C=O) groups excluding carboxylic acids is 1. The average Bonchev–Trinajstić information content (AvgIpc) is 3.04. The molecule has 100 valence electrons. The van der Waals surface area contributed by atoms with E-state index in [0.29, 0.717) is 29.1 Å². The summed E-state index contributed by atoms with van der Waals surface area (Å²) in [6, 6.07) is 5.96. The van der Waals surface area contributed by atoms with E-state index >= 15 is 0 Å². The van der Waals surface area contributed by atoms with Crippen molar-refractivity contribution in [3.8, 4) is 0 Å². The zero-order chi connectivity index (χ0) is 13.2. The normalized spacial score (nSPS) is 16.3. The van der Waals surface area contributed by atoms with Crippen LogP contribution in [0.5, 0.6) is 0 Å². The third-order valence-corrected chi connectivity index (χ3v) is 4.01. The molecular weight excluding hydrogens is 243 g/mol. The molecule has 1 aromatic heterocycles. The minimum absolute atomic E-state index is 0.0310. The van der Waals surface area contributed by atoms with Gasteiger partial charge >= 0.3 is 0 Å². The zero-order valence-electron chi connectivity index (χ0n) is 10.8. The van der Waals surface area contributed by atoms with Gasteiger partial charge in [0.2, 0.25) is 0 Å². The molecule has 0 saturated heterocycles. The molecule has 0 aliphatic heterocycles. The molecule has 0 amide bonds. The Kier molecular flexibility index (Phi) is 3.36. The van der Waals surface area contributed by atoms with Crippen molar-refractivity contribution in [2.75, 3.05) is 0 Å². The number of carbonyl (C=O) groups is 1. The van der Waals surface area contributed by atoms with E-state index < -0.39 is 0 Å². The van der Waals surface area contributed by atoms with Crippen molar-refractivity contribution in [3.63, 3.8) is 0 Å². The topological polar surface area (TPSA) is 30.2 Å². The van der Waals surface area contributed by atoms with Crippen LogP contribution in [0.25, 0.3) is 11.0 Å². The Morgan fingerprint density at radius 1 is 1.26 bits per heavy atom. The molecule has 1 aromatic carbocycles. The molecule has 0 spiro atoms. The standard InChI is InChI=1S/C16H17FO2/c17-13-6-8-15-12(9-13)10-16(19-15)14(18)7-5-11-3-1-2-4-11/h6,8-11H,1-5,7H2. The lowest BCUT2D eigenvalue weighted by Gasteiger charge is -2.06. The molecule has 1 heterocycles. The Morgan fingerprint density at radius 3 is 2.84 bits per heavy atom. The first-order chi connectivity index (χ1) is 9.22. The van der Waals surface area contributed by atoms with Gasteiger partial charge in [0.1, 0.15) is 11.4 Å². The van der Waals surface area contributed by atoms with Gasteiger partial charge in [-0.1, -0.05) is 25.7 Å². The van der Waals surface area contributed by atoms with Crippen molar-refractivity contribution in [1.29, 1.82) is 0 Å². The number of rotatable bonds is 4. The second-order valence-electron chi connectivity index (χ2n) is 5.41. The van der Waals surface area contributed by atoms with Crippen molar-refractivity contribution in [2.24, 2.45) is 5.92 Å². The Morgan fingerprint density at radius 2 is 2.05 bits per heavy atom. The van der Waals surface area contributed by atoms with Gasteiger partial charge in [0.25, 0.3) is 0 Å². The lowest BCUT2D eigenvalue weighted by Crippen LogP contribution is -2.01. The molecule has 3 heteroatoms. The summed E-state index contributed by atoms with van der Waals surface area (Å²) in [4.78, 5) is 12.1. The minimum Gasteiger partial charge on any atom is -0.453 e. The molecule has 1 saturated carbocycles. The molecule has 0 atom stereocenters. The average molecular weight is 260 g/mol. The number of Topliss-reactive ketones (excluding diaryl/α,β-unsaturated/α-hetero) is 1. The summed E-state index contributed by atoms with van der Waals surface area (Å²) < 4.78 is 18.6. The molecular formula is C16H17FO2. The molecule has 0 bridgehead atoms. The highest BCUT2D eigenvalue weighted by atomic mass is 19.1. The summed E-state index contributed by atoms with van der Waals surface area (Å²) in [6.45, 7) is 0. The Balaban J connectivity index is 1.70. The van der Waals surface area contributed by atoms with Gasteiger partial charge in [-0.25, -0.2) is 4.39 Å². The van der Waals surface area contributed by atoms with Gasteiger partial charge in [-0.2, -0.15) is 0 Å². The molecule has 1 fully saturated rings. The quantitative estimate of drug-likeness (QED) is 0.744. The van der Waals surface area contributed by atoms with E-state index in [-0.39, 0.29) is 11.6 Å². The smallest absolute Gasteiger partial charge is 0.198 e. The summed E-state index contributed by atoms with van der Waals surface area (Å²) in [5.41, 5.74) is 0.575. The van der Waals surface area contributed by atoms with E-state index in [1.807, 2.05) is 0 Å². The Labute approximate surface area is 111 Å². The fraction of sp³-hybridized carbons (Fsp3) is 0.438. The summed E-state index contributed by atoms with van der Waals surface area (Å²) in [6.07, 6.45) is 6.57. The van der Waals surface area contributed by atoms with Gasteiger partial charge in [-0.15, -0.1) is 0 Å². The third kappa shape index (κ3) is 2.70. The van der Waals surface area contributed by atoms with Crippen LogP contribution in [0.1, 0.15) is 49.1 Å². The van der Waals surface area contributed by atoms with Crippen molar-refractivity contribution in [3.05, 3.63) is 35.8 Å². The highest BCUT2D eigenvalue weighted by Gasteiger charge is 2.18. The summed E-state index contributed by atoms with van der Waals surface area (Å²) in [5.74, 6) is 0.783. The van der Waals surface area contributed by atoms with E-state index in [1.54, 1.807) is 12.1 Å². The van der Waals surface area contributed by atoms with Crippen molar-refractivity contribution in [2.45, 2.75) is 38.5 Å². The van der Waals surface area contributed by atoms with Crippen LogP contribution in [0.15, 0.2) is 28.7 Å². The number of fused-ring (bicyclic) bond motifs is 1. The van der Waals surface area contributed by atoms with Crippen molar-refractivity contribution < 1.29 is 13.6 Å². The van der Waals surface area contributed by atoms with Gasteiger partial charge in [-0.05, 0) is 36.6 Å². The minimum atomic E-state index is -0.307. The van der Waals surface area contributed by atoms with Crippen molar-refractivity contribution >= 4 is 16.8 Å². The Hall–Kier alpha value is -1.64. The van der Waals surface area contributed by atoms with Gasteiger partial charge in [0.15, 0.2) is 11.5 Å². The van der Waals surface area contributed by atoms with Crippen LogP contribution in [0.4, 0.5) is 4.39 Å². The van der Waals surface area contributed by atoms with Crippen molar-refractivity contribution in [1.82, 2.24) is 0 Å². The largest absolute Gasteiger partial charge is 0.453 e. The first-order valence-corrected chi connectivity index (χ1v) is 6.95. The molecule has 19 heavy (non-hydrogen) atoms. The maximum Gasteiger partial charge on any atom is 0.198 e. The number of halogens is 1. The van der Waals surface area contributed by atoms with Crippen LogP contribution in [0, 0.1) is 11.7 Å². The molecule has 1 aliphatic rings. The highest BCUT2D eigenvalue weighted by Crippen LogP contribution is 2.29. The molecule has 0 unspecified atom stereocenters. The van der Waals surface area contributed by atoms with E-state index in [2.05, 4.69) is 0 Å². The molecule has 0 N–H and O–H groups in total. The SMILES string of the molecule is O=C(CCC1CCCC1)c1cc2cc(F)ccc2o1. The first-order valence-electron chi connectivity index (χ1n) is 6.95. The van der Waals surface area contributed by atoms with Gasteiger partial charge < -0.3 is 4.42 Å². The Bertz CT molecular complexity index is 594. The lowest BCUT2D eigenvalue weighted by atomic mass is 9.99.